The summed E-state index contributed by atoms with van der Waals surface area (Å²) in [6.07, 6.45) is 3.15. The first-order chi connectivity index (χ1) is 8.69. The van der Waals surface area contributed by atoms with Gasteiger partial charge < -0.3 is 5.32 Å². The van der Waals surface area contributed by atoms with Crippen molar-refractivity contribution in [2.75, 3.05) is 5.32 Å². The quantitative estimate of drug-likeness (QED) is 0.829. The molecule has 0 radical (unpaired) electrons. The Labute approximate surface area is 120 Å². The smallest absolute Gasteiger partial charge is 0.224 e. The van der Waals surface area contributed by atoms with Crippen LogP contribution < -0.4 is 5.32 Å². The van der Waals surface area contributed by atoms with E-state index in [4.69, 9.17) is 11.6 Å². The van der Waals surface area contributed by atoms with E-state index in [0.29, 0.717) is 23.2 Å². The van der Waals surface area contributed by atoms with Crippen molar-refractivity contribution in [2.45, 2.75) is 47.5 Å². The van der Waals surface area contributed by atoms with Crippen LogP contribution in [0.2, 0.25) is 5.15 Å². The van der Waals surface area contributed by atoms with Crippen molar-refractivity contribution < 1.29 is 4.79 Å². The van der Waals surface area contributed by atoms with Crippen LogP contribution in [0, 0.1) is 18.3 Å². The molecule has 0 aromatic carbocycles. The highest BCUT2D eigenvalue weighted by Crippen LogP contribution is 2.27. The van der Waals surface area contributed by atoms with E-state index in [2.05, 4.69) is 38.0 Å². The second-order valence-electron chi connectivity index (χ2n) is 6.42. The summed E-state index contributed by atoms with van der Waals surface area (Å²) in [5, 5.41) is 3.21. The summed E-state index contributed by atoms with van der Waals surface area (Å²) in [6.45, 7) is 10.6. The zero-order chi connectivity index (χ0) is 14.6. The summed E-state index contributed by atoms with van der Waals surface area (Å²) in [7, 11) is 0. The summed E-state index contributed by atoms with van der Waals surface area (Å²) in [4.78, 5) is 16.0. The fourth-order valence-electron chi connectivity index (χ4n) is 2.30. The number of aryl methyl sites for hydroxylation is 1. The van der Waals surface area contributed by atoms with Gasteiger partial charge in [-0.15, -0.1) is 0 Å². The number of halogens is 1. The van der Waals surface area contributed by atoms with Crippen LogP contribution >= 0.6 is 11.6 Å². The number of hydrogen-bond acceptors (Lipinski definition) is 2. The van der Waals surface area contributed by atoms with Crippen molar-refractivity contribution in [3.8, 4) is 0 Å². The van der Waals surface area contributed by atoms with E-state index in [9.17, 15) is 4.79 Å². The van der Waals surface area contributed by atoms with Crippen molar-refractivity contribution in [3.05, 3.63) is 23.0 Å². The van der Waals surface area contributed by atoms with Crippen LogP contribution in [0.5, 0.6) is 0 Å². The van der Waals surface area contributed by atoms with Gasteiger partial charge in [0.15, 0.2) is 5.15 Å². The van der Waals surface area contributed by atoms with Gasteiger partial charge in [0.2, 0.25) is 5.91 Å². The molecule has 19 heavy (non-hydrogen) atoms. The molecule has 0 fully saturated rings. The third-order valence-corrected chi connectivity index (χ3v) is 3.16. The lowest BCUT2D eigenvalue weighted by atomic mass is 9.84. The molecule has 106 valence electrons. The summed E-state index contributed by atoms with van der Waals surface area (Å²) < 4.78 is 0. The molecule has 0 spiro atoms. The molecule has 0 aliphatic rings. The zero-order valence-corrected chi connectivity index (χ0v) is 13.1. The van der Waals surface area contributed by atoms with Crippen molar-refractivity contribution in [2.24, 2.45) is 11.3 Å². The minimum absolute atomic E-state index is 0.00486. The minimum atomic E-state index is -0.00486. The van der Waals surface area contributed by atoms with Gasteiger partial charge in [-0.2, -0.15) is 0 Å². The second kappa shape index (κ2) is 6.38. The molecule has 1 atom stereocenters. The molecule has 0 bridgehead atoms. The number of carbonyl (C=O) groups is 1. The number of pyridine rings is 1. The van der Waals surface area contributed by atoms with E-state index >= 15 is 0 Å². The summed E-state index contributed by atoms with van der Waals surface area (Å²) in [6, 6.07) is 1.83. The largest absolute Gasteiger partial charge is 0.323 e. The number of anilines is 1. The first-order valence-electron chi connectivity index (χ1n) is 6.60. The maximum absolute atomic E-state index is 12.0. The third kappa shape index (κ3) is 5.60. The number of hydrogen-bond donors (Lipinski definition) is 1. The number of amides is 1. The monoisotopic (exact) mass is 282 g/mol. The van der Waals surface area contributed by atoms with Gasteiger partial charge in [-0.3, -0.25) is 4.79 Å². The predicted molar refractivity (Wildman–Crippen MR) is 80.5 cm³/mol. The normalized spacial score (nSPS) is 13.2. The molecule has 1 unspecified atom stereocenters. The van der Waals surface area contributed by atoms with Crippen LogP contribution in [-0.4, -0.2) is 10.9 Å². The lowest BCUT2D eigenvalue weighted by Crippen LogP contribution is -2.19. The number of carbonyl (C=O) groups excluding carboxylic acids is 1. The fraction of sp³-hybridized carbons (Fsp3) is 0.600. The lowest BCUT2D eigenvalue weighted by Gasteiger charge is -2.23. The SMILES string of the molecule is Cc1ccnc(Cl)c1NC(=O)CC(C)CC(C)(C)C. The lowest BCUT2D eigenvalue weighted by molar-refractivity contribution is -0.117. The third-order valence-electron chi connectivity index (χ3n) is 2.87. The first-order valence-corrected chi connectivity index (χ1v) is 6.98. The Morgan fingerprint density at radius 3 is 2.63 bits per heavy atom. The van der Waals surface area contributed by atoms with Gasteiger partial charge in [-0.1, -0.05) is 39.3 Å². The van der Waals surface area contributed by atoms with Crippen LogP contribution in [0.1, 0.15) is 46.1 Å². The van der Waals surface area contributed by atoms with Gasteiger partial charge in [0, 0.05) is 12.6 Å². The molecule has 1 rings (SSSR count). The van der Waals surface area contributed by atoms with E-state index in [1.54, 1.807) is 6.20 Å². The maximum atomic E-state index is 12.0. The Kier molecular flexibility index (Phi) is 5.36. The molecule has 0 saturated carbocycles. The van der Waals surface area contributed by atoms with E-state index < -0.39 is 0 Å². The summed E-state index contributed by atoms with van der Waals surface area (Å²) in [5.74, 6) is 0.338. The van der Waals surface area contributed by atoms with Gasteiger partial charge >= 0.3 is 0 Å². The average Bonchev–Trinajstić information content (AvgIpc) is 2.20. The highest BCUT2D eigenvalue weighted by Gasteiger charge is 2.18. The molecule has 0 aliphatic heterocycles. The Morgan fingerprint density at radius 1 is 1.47 bits per heavy atom. The van der Waals surface area contributed by atoms with E-state index in [-0.39, 0.29) is 11.3 Å². The molecule has 1 aromatic rings. The standard InChI is InChI=1S/C15H23ClN2O/c1-10(9-15(3,4)5)8-12(19)18-13-11(2)6-7-17-14(13)16/h6-7,10H,8-9H2,1-5H3,(H,18,19). The number of nitrogens with zero attached hydrogens (tertiary/aromatic N) is 1. The average molecular weight is 283 g/mol. The van der Waals surface area contributed by atoms with Crippen LogP contribution in [0.4, 0.5) is 5.69 Å². The van der Waals surface area contributed by atoms with Gasteiger partial charge in [0.05, 0.1) is 5.69 Å². The first kappa shape index (κ1) is 16.0. The number of rotatable bonds is 4. The van der Waals surface area contributed by atoms with Crippen molar-refractivity contribution in [3.63, 3.8) is 0 Å². The van der Waals surface area contributed by atoms with Crippen molar-refractivity contribution >= 4 is 23.2 Å². The Balaban J connectivity index is 2.61. The molecule has 1 N–H and O–H groups in total. The topological polar surface area (TPSA) is 42.0 Å². The highest BCUT2D eigenvalue weighted by atomic mass is 35.5. The number of nitrogens with one attached hydrogen (secondary N) is 1. The summed E-state index contributed by atoms with van der Waals surface area (Å²) in [5.41, 5.74) is 1.79. The molecular weight excluding hydrogens is 260 g/mol. The van der Waals surface area contributed by atoms with E-state index in [1.165, 1.54) is 0 Å². The molecule has 1 aromatic heterocycles. The maximum Gasteiger partial charge on any atom is 0.224 e. The molecule has 1 heterocycles. The summed E-state index contributed by atoms with van der Waals surface area (Å²) >= 11 is 5.99. The Hall–Kier alpha value is -1.09. The van der Waals surface area contributed by atoms with Crippen LogP contribution in [-0.2, 0) is 4.79 Å². The predicted octanol–water partition coefficient (Wildman–Crippen LogP) is 4.44. The zero-order valence-electron chi connectivity index (χ0n) is 12.4. The van der Waals surface area contributed by atoms with Crippen LogP contribution in [0.15, 0.2) is 12.3 Å². The van der Waals surface area contributed by atoms with Gasteiger partial charge in [-0.25, -0.2) is 4.98 Å². The molecule has 4 heteroatoms. The highest BCUT2D eigenvalue weighted by molar-refractivity contribution is 6.32. The number of aromatic nitrogens is 1. The molecule has 0 aliphatic carbocycles. The van der Waals surface area contributed by atoms with E-state index in [1.807, 2.05) is 13.0 Å². The molecular formula is C15H23ClN2O. The fourth-order valence-corrected chi connectivity index (χ4v) is 2.55. The minimum Gasteiger partial charge on any atom is -0.323 e. The van der Waals surface area contributed by atoms with Crippen molar-refractivity contribution in [1.29, 1.82) is 0 Å². The van der Waals surface area contributed by atoms with Gasteiger partial charge in [-0.05, 0) is 36.3 Å². The Bertz CT molecular complexity index is 432. The van der Waals surface area contributed by atoms with Crippen molar-refractivity contribution in [1.82, 2.24) is 4.98 Å². The Morgan fingerprint density at radius 2 is 2.11 bits per heavy atom. The van der Waals surface area contributed by atoms with Crippen LogP contribution in [0.25, 0.3) is 0 Å². The van der Waals surface area contributed by atoms with E-state index in [0.717, 1.165) is 12.0 Å². The van der Waals surface area contributed by atoms with Gasteiger partial charge in [0.25, 0.3) is 0 Å². The molecule has 3 nitrogen and oxygen atoms in total. The molecule has 1 amide bonds. The molecule has 0 saturated heterocycles. The van der Waals surface area contributed by atoms with Crippen LogP contribution in [0.3, 0.4) is 0 Å². The van der Waals surface area contributed by atoms with Gasteiger partial charge in [0.1, 0.15) is 0 Å². The second-order valence-corrected chi connectivity index (χ2v) is 6.77.